The van der Waals surface area contributed by atoms with Crippen LogP contribution in [-0.4, -0.2) is 71.2 Å². The van der Waals surface area contributed by atoms with Crippen LogP contribution in [0.5, 0.6) is 0 Å². The maximum absolute atomic E-state index is 12.2. The number of carbonyl (C=O) groups is 1. The Morgan fingerprint density at radius 2 is 2.00 bits per heavy atom. The van der Waals surface area contributed by atoms with Crippen LogP contribution in [0.15, 0.2) is 0 Å². The lowest BCUT2D eigenvalue weighted by atomic mass is 9.78. The maximum Gasteiger partial charge on any atom is 0.475 e. The Hall–Kier alpha value is -0.625. The molecule has 2 aliphatic heterocycles. The zero-order chi connectivity index (χ0) is 14.5. The van der Waals surface area contributed by atoms with Crippen molar-refractivity contribution in [2.75, 3.05) is 26.2 Å². The third kappa shape index (κ3) is 3.72. The van der Waals surface area contributed by atoms with E-state index in [-0.39, 0.29) is 18.6 Å². The molecule has 0 radical (unpaired) electrons. The average molecular weight is 283 g/mol. The minimum Gasteiger partial charge on any atom is -0.426 e. The number of hydrogen-bond donors (Lipinski definition) is 3. The smallest absolute Gasteiger partial charge is 0.426 e. The molecule has 2 rings (SSSR count). The molecular weight excluding hydrogens is 257 g/mol. The molecule has 0 spiro atoms. The van der Waals surface area contributed by atoms with Crippen LogP contribution in [0, 0.1) is 0 Å². The fraction of sp³-hybridized carbons (Fsp3) is 0.923. The number of likely N-dealkylation sites (tertiary alicyclic amines) is 2. The zero-order valence-corrected chi connectivity index (χ0v) is 12.3. The van der Waals surface area contributed by atoms with Gasteiger partial charge in [0, 0.05) is 6.54 Å². The fourth-order valence-corrected chi connectivity index (χ4v) is 3.30. The van der Waals surface area contributed by atoms with Crippen LogP contribution in [0.3, 0.4) is 0 Å². The van der Waals surface area contributed by atoms with Gasteiger partial charge in [-0.25, -0.2) is 0 Å². The van der Waals surface area contributed by atoms with Crippen molar-refractivity contribution < 1.29 is 14.8 Å². The van der Waals surface area contributed by atoms with Crippen molar-refractivity contribution in [2.45, 2.75) is 51.1 Å². The summed E-state index contributed by atoms with van der Waals surface area (Å²) in [5.74, 6) is -0.464. The summed E-state index contributed by atoms with van der Waals surface area (Å²) in [6.07, 6.45) is 5.21. The van der Waals surface area contributed by atoms with E-state index in [0.717, 1.165) is 25.9 Å². The van der Waals surface area contributed by atoms with Gasteiger partial charge in [-0.15, -0.1) is 0 Å². The highest BCUT2D eigenvalue weighted by molar-refractivity contribution is 6.43. The number of carbonyl (C=O) groups excluding carboxylic acids is 1. The molecule has 0 aromatic carbocycles. The summed E-state index contributed by atoms with van der Waals surface area (Å²) >= 11 is 0. The monoisotopic (exact) mass is 283 g/mol. The fourth-order valence-electron chi connectivity index (χ4n) is 3.30. The molecular formula is C13H26BN3O3. The first-order valence-corrected chi connectivity index (χ1v) is 7.76. The molecule has 7 heteroatoms. The Labute approximate surface area is 121 Å². The van der Waals surface area contributed by atoms with E-state index in [2.05, 4.69) is 17.1 Å². The van der Waals surface area contributed by atoms with E-state index in [0.29, 0.717) is 13.0 Å². The van der Waals surface area contributed by atoms with Gasteiger partial charge in [0.15, 0.2) is 0 Å². The number of amides is 1. The summed E-state index contributed by atoms with van der Waals surface area (Å²) in [5.41, 5.74) is 0. The molecule has 20 heavy (non-hydrogen) atoms. The Morgan fingerprint density at radius 1 is 1.30 bits per heavy atom. The molecule has 6 nitrogen and oxygen atoms in total. The molecule has 2 atom stereocenters. The largest absolute Gasteiger partial charge is 0.475 e. The lowest BCUT2D eigenvalue weighted by molar-refractivity contribution is -0.130. The van der Waals surface area contributed by atoms with Gasteiger partial charge >= 0.3 is 7.12 Å². The molecule has 0 aromatic heterocycles. The molecule has 2 fully saturated rings. The van der Waals surface area contributed by atoms with Gasteiger partial charge in [-0.3, -0.25) is 15.0 Å². The lowest BCUT2D eigenvalue weighted by Gasteiger charge is -2.29. The molecule has 0 saturated carbocycles. The van der Waals surface area contributed by atoms with Crippen molar-refractivity contribution in [2.24, 2.45) is 0 Å². The summed E-state index contributed by atoms with van der Waals surface area (Å²) in [6, 6.07) is 0. The molecule has 0 bridgehead atoms. The quantitative estimate of drug-likeness (QED) is 0.568. The first kappa shape index (κ1) is 15.8. The number of hydrogen-bond acceptors (Lipinski definition) is 5. The summed E-state index contributed by atoms with van der Waals surface area (Å²) in [6.45, 7) is 5.22. The molecule has 2 saturated heterocycles. The first-order chi connectivity index (χ1) is 9.63. The third-order valence-electron chi connectivity index (χ3n) is 4.42. The number of nitrogens with zero attached hydrogens (tertiary/aromatic N) is 2. The van der Waals surface area contributed by atoms with Crippen molar-refractivity contribution in [1.29, 1.82) is 0 Å². The van der Waals surface area contributed by atoms with Crippen molar-refractivity contribution in [3.8, 4) is 0 Å². The average Bonchev–Trinajstić information content (AvgIpc) is 3.10. The van der Waals surface area contributed by atoms with E-state index < -0.39 is 13.1 Å². The third-order valence-corrected chi connectivity index (χ3v) is 4.42. The zero-order valence-electron chi connectivity index (χ0n) is 12.3. The molecule has 0 aromatic rings. The molecule has 1 amide bonds. The number of rotatable bonds is 6. The second-order valence-electron chi connectivity index (χ2n) is 5.76. The van der Waals surface area contributed by atoms with Crippen molar-refractivity contribution in [3.05, 3.63) is 0 Å². The topological polar surface area (TPSA) is 76.0 Å². The van der Waals surface area contributed by atoms with Gasteiger partial charge in [0.05, 0.1) is 18.7 Å². The van der Waals surface area contributed by atoms with Crippen LogP contribution in [0.4, 0.5) is 0 Å². The van der Waals surface area contributed by atoms with E-state index >= 15 is 0 Å². The van der Waals surface area contributed by atoms with Crippen LogP contribution < -0.4 is 5.32 Å². The molecule has 3 N–H and O–H groups in total. The summed E-state index contributed by atoms with van der Waals surface area (Å²) in [4.78, 5) is 16.2. The second-order valence-corrected chi connectivity index (χ2v) is 5.76. The molecule has 1 unspecified atom stereocenters. The van der Waals surface area contributed by atoms with E-state index in [9.17, 15) is 14.8 Å². The van der Waals surface area contributed by atoms with Crippen LogP contribution in [0.2, 0.25) is 0 Å². The Morgan fingerprint density at radius 3 is 2.60 bits per heavy atom. The predicted molar refractivity (Wildman–Crippen MR) is 77.8 cm³/mol. The van der Waals surface area contributed by atoms with Gasteiger partial charge in [0.25, 0.3) is 0 Å². The first-order valence-electron chi connectivity index (χ1n) is 7.76. The summed E-state index contributed by atoms with van der Waals surface area (Å²) in [7, 11) is -1.43. The van der Waals surface area contributed by atoms with E-state index in [1.807, 2.05) is 0 Å². The highest BCUT2D eigenvalue weighted by Crippen LogP contribution is 2.18. The Kier molecular flexibility index (Phi) is 5.83. The van der Waals surface area contributed by atoms with Crippen molar-refractivity contribution in [1.82, 2.24) is 15.1 Å². The summed E-state index contributed by atoms with van der Waals surface area (Å²) in [5, 5.41) is 21.9. The highest BCUT2D eigenvalue weighted by atomic mass is 16.4. The standard InChI is InChI=1S/C13H26BN3O3/c1-2-12(16-7-3-4-8-16)15-10-13(18)17-9-5-6-11(17)14(19)20/h11-12,15,19-20H,2-10H2,1H3/t11?,12-/m1/s1. The van der Waals surface area contributed by atoms with Gasteiger partial charge in [0.1, 0.15) is 0 Å². The van der Waals surface area contributed by atoms with E-state index in [4.69, 9.17) is 0 Å². The molecule has 114 valence electrons. The van der Waals surface area contributed by atoms with Crippen LogP contribution >= 0.6 is 0 Å². The Balaban J connectivity index is 1.81. The normalized spacial score (nSPS) is 25.1. The van der Waals surface area contributed by atoms with Gasteiger partial charge in [-0.2, -0.15) is 0 Å². The van der Waals surface area contributed by atoms with Gasteiger partial charge < -0.3 is 14.9 Å². The number of nitrogens with one attached hydrogen (secondary N) is 1. The minimum absolute atomic E-state index is 0.0294. The Bertz CT molecular complexity index is 324. The molecule has 0 aliphatic carbocycles. The second kappa shape index (κ2) is 7.40. The van der Waals surface area contributed by atoms with E-state index in [1.165, 1.54) is 12.8 Å². The SMILES string of the molecule is CC[C@H](NCC(=O)N1CCCC1B(O)O)N1CCCC1. The minimum atomic E-state index is -1.43. The van der Waals surface area contributed by atoms with Gasteiger partial charge in [-0.05, 0) is 45.2 Å². The predicted octanol–water partition coefficient (Wildman–Crippen LogP) is -0.589. The van der Waals surface area contributed by atoms with Gasteiger partial charge in [-0.1, -0.05) is 6.92 Å². The van der Waals surface area contributed by atoms with E-state index in [1.54, 1.807) is 4.90 Å². The lowest BCUT2D eigenvalue weighted by Crippen LogP contribution is -2.51. The molecule has 2 aliphatic rings. The molecule has 2 heterocycles. The highest BCUT2D eigenvalue weighted by Gasteiger charge is 2.36. The van der Waals surface area contributed by atoms with Crippen molar-refractivity contribution in [3.63, 3.8) is 0 Å². The van der Waals surface area contributed by atoms with Crippen LogP contribution in [0.25, 0.3) is 0 Å². The van der Waals surface area contributed by atoms with Gasteiger partial charge in [0.2, 0.25) is 5.91 Å². The van der Waals surface area contributed by atoms with Crippen molar-refractivity contribution >= 4 is 13.0 Å². The summed E-state index contributed by atoms with van der Waals surface area (Å²) < 4.78 is 0. The maximum atomic E-state index is 12.2. The van der Waals surface area contributed by atoms with Crippen LogP contribution in [0.1, 0.15) is 39.0 Å². The van der Waals surface area contributed by atoms with Crippen LogP contribution in [-0.2, 0) is 4.79 Å².